The Bertz CT molecular complexity index is 918. The topological polar surface area (TPSA) is 49.2 Å². The molecular formula is C19H22BN3O2. The Morgan fingerprint density at radius 3 is 2.44 bits per heavy atom. The molecular weight excluding hydrogens is 313 g/mol. The van der Waals surface area contributed by atoms with Gasteiger partial charge < -0.3 is 13.9 Å². The molecule has 0 bridgehead atoms. The molecule has 5 nitrogen and oxygen atoms in total. The van der Waals surface area contributed by atoms with E-state index in [-0.39, 0.29) is 11.2 Å². The summed E-state index contributed by atoms with van der Waals surface area (Å²) in [4.78, 5) is 8.89. The fourth-order valence-electron chi connectivity index (χ4n) is 3.14. The third kappa shape index (κ3) is 2.57. The van der Waals surface area contributed by atoms with Crippen molar-refractivity contribution in [1.82, 2.24) is 14.5 Å². The van der Waals surface area contributed by atoms with E-state index >= 15 is 0 Å². The summed E-state index contributed by atoms with van der Waals surface area (Å²) in [6.45, 7) is 8.23. The summed E-state index contributed by atoms with van der Waals surface area (Å²) in [5.41, 5.74) is 3.31. The first-order valence-electron chi connectivity index (χ1n) is 8.49. The fraction of sp³-hybridized carbons (Fsp3) is 0.368. The van der Waals surface area contributed by atoms with Crippen molar-refractivity contribution in [3.8, 4) is 11.1 Å². The van der Waals surface area contributed by atoms with Gasteiger partial charge in [-0.1, -0.05) is 6.07 Å². The van der Waals surface area contributed by atoms with Crippen LogP contribution in [0.15, 0.2) is 43.0 Å². The predicted molar refractivity (Wildman–Crippen MR) is 99.7 cm³/mol. The van der Waals surface area contributed by atoms with Crippen LogP contribution in [0.25, 0.3) is 22.2 Å². The number of aromatic nitrogens is 3. The van der Waals surface area contributed by atoms with Gasteiger partial charge in [-0.25, -0.2) is 4.98 Å². The Kier molecular flexibility index (Phi) is 3.53. The molecule has 1 aliphatic rings. The van der Waals surface area contributed by atoms with Crippen LogP contribution in [0.5, 0.6) is 0 Å². The van der Waals surface area contributed by atoms with Crippen LogP contribution in [-0.4, -0.2) is 32.9 Å². The molecule has 0 amide bonds. The summed E-state index contributed by atoms with van der Waals surface area (Å²) in [6, 6.07) is 6.12. The van der Waals surface area contributed by atoms with Crippen LogP contribution in [0.3, 0.4) is 0 Å². The van der Waals surface area contributed by atoms with Gasteiger partial charge >= 0.3 is 7.12 Å². The summed E-state index contributed by atoms with van der Waals surface area (Å²) < 4.78 is 14.4. The van der Waals surface area contributed by atoms with E-state index in [2.05, 4.69) is 56.0 Å². The number of rotatable bonds is 2. The van der Waals surface area contributed by atoms with Gasteiger partial charge in [0.05, 0.1) is 11.2 Å². The van der Waals surface area contributed by atoms with E-state index in [9.17, 15) is 0 Å². The second kappa shape index (κ2) is 5.41. The Labute approximate surface area is 148 Å². The van der Waals surface area contributed by atoms with Gasteiger partial charge in [-0.2, -0.15) is 0 Å². The molecule has 0 N–H and O–H groups in total. The fourth-order valence-corrected chi connectivity index (χ4v) is 3.14. The lowest BCUT2D eigenvalue weighted by molar-refractivity contribution is 0.00578. The quantitative estimate of drug-likeness (QED) is 0.676. The zero-order valence-corrected chi connectivity index (χ0v) is 15.3. The van der Waals surface area contributed by atoms with Gasteiger partial charge in [-0.15, -0.1) is 0 Å². The van der Waals surface area contributed by atoms with Crippen molar-refractivity contribution in [3.63, 3.8) is 0 Å². The summed E-state index contributed by atoms with van der Waals surface area (Å²) in [5, 5.41) is 1.07. The zero-order chi connectivity index (χ0) is 17.8. The van der Waals surface area contributed by atoms with Crippen molar-refractivity contribution in [2.45, 2.75) is 38.9 Å². The van der Waals surface area contributed by atoms with Gasteiger partial charge in [-0.3, -0.25) is 4.98 Å². The average molecular weight is 335 g/mol. The molecule has 0 radical (unpaired) electrons. The third-order valence-electron chi connectivity index (χ3n) is 5.33. The Morgan fingerprint density at radius 2 is 1.80 bits per heavy atom. The van der Waals surface area contributed by atoms with E-state index in [1.165, 1.54) is 0 Å². The third-order valence-corrected chi connectivity index (χ3v) is 5.33. The van der Waals surface area contributed by atoms with Gasteiger partial charge in [-0.05, 0) is 39.8 Å². The number of hydrogen-bond donors (Lipinski definition) is 0. The molecule has 25 heavy (non-hydrogen) atoms. The minimum Gasteiger partial charge on any atom is -0.399 e. The molecule has 0 aliphatic carbocycles. The van der Waals surface area contributed by atoms with Crippen LogP contribution in [-0.2, 0) is 16.4 Å². The number of aryl methyl sites for hydroxylation is 1. The molecule has 0 aromatic carbocycles. The van der Waals surface area contributed by atoms with Gasteiger partial charge in [0.15, 0.2) is 0 Å². The molecule has 0 saturated carbocycles. The van der Waals surface area contributed by atoms with E-state index in [1.54, 1.807) is 6.20 Å². The number of pyridine rings is 2. The number of fused-ring (bicyclic) bond motifs is 1. The molecule has 1 saturated heterocycles. The summed E-state index contributed by atoms with van der Waals surface area (Å²) in [7, 11) is 1.59. The van der Waals surface area contributed by atoms with E-state index in [1.807, 2.05) is 30.1 Å². The molecule has 3 aromatic heterocycles. The maximum absolute atomic E-state index is 6.17. The first kappa shape index (κ1) is 16.3. The monoisotopic (exact) mass is 335 g/mol. The first-order valence-corrected chi connectivity index (χ1v) is 8.49. The van der Waals surface area contributed by atoms with Crippen LogP contribution < -0.4 is 5.46 Å². The molecule has 3 aromatic rings. The molecule has 0 spiro atoms. The maximum Gasteiger partial charge on any atom is 0.496 e. The first-order chi connectivity index (χ1) is 11.8. The highest BCUT2D eigenvalue weighted by Gasteiger charge is 2.51. The lowest BCUT2D eigenvalue weighted by atomic mass is 9.79. The maximum atomic E-state index is 6.17. The van der Waals surface area contributed by atoms with Crippen LogP contribution in [0, 0.1) is 0 Å². The van der Waals surface area contributed by atoms with Crippen LogP contribution in [0.1, 0.15) is 27.7 Å². The molecule has 4 rings (SSSR count). The molecule has 6 heteroatoms. The minimum atomic E-state index is -0.413. The number of hydrogen-bond acceptors (Lipinski definition) is 4. The minimum absolute atomic E-state index is 0.366. The van der Waals surface area contributed by atoms with Crippen LogP contribution in [0.2, 0.25) is 0 Å². The van der Waals surface area contributed by atoms with Crippen molar-refractivity contribution in [2.75, 3.05) is 0 Å². The summed E-state index contributed by atoms with van der Waals surface area (Å²) >= 11 is 0. The average Bonchev–Trinajstić information content (AvgIpc) is 3.01. The second-order valence-electron chi connectivity index (χ2n) is 7.62. The predicted octanol–water partition coefficient (Wildman–Crippen LogP) is 2.93. The molecule has 1 aliphatic heterocycles. The highest BCUT2D eigenvalue weighted by molar-refractivity contribution is 6.62. The van der Waals surface area contributed by atoms with Gasteiger partial charge in [0.2, 0.25) is 0 Å². The summed E-state index contributed by atoms with van der Waals surface area (Å²) in [6.07, 6.45) is 7.58. The zero-order valence-electron chi connectivity index (χ0n) is 15.3. The Hall–Kier alpha value is -2.18. The van der Waals surface area contributed by atoms with Crippen molar-refractivity contribution in [3.05, 3.63) is 43.0 Å². The van der Waals surface area contributed by atoms with E-state index in [0.29, 0.717) is 0 Å². The van der Waals surface area contributed by atoms with Crippen molar-refractivity contribution in [2.24, 2.45) is 7.05 Å². The highest BCUT2D eigenvalue weighted by atomic mass is 16.7. The highest BCUT2D eigenvalue weighted by Crippen LogP contribution is 2.37. The normalized spacial score (nSPS) is 18.8. The Balaban J connectivity index is 1.81. The smallest absolute Gasteiger partial charge is 0.399 e. The number of nitrogens with zero attached hydrogens (tertiary/aromatic N) is 3. The SMILES string of the molecule is Cn1cc(-c2cccnc2)c2cc(B3OC(C)(C)C(C)(C)O3)cnc21. The second-order valence-corrected chi connectivity index (χ2v) is 7.62. The van der Waals surface area contributed by atoms with Crippen molar-refractivity contribution in [1.29, 1.82) is 0 Å². The van der Waals surface area contributed by atoms with Crippen LogP contribution >= 0.6 is 0 Å². The molecule has 1 fully saturated rings. The molecule has 4 heterocycles. The standard InChI is InChI=1S/C19H22BN3O2/c1-18(2)19(3,4)25-20(24-18)14-9-15-16(13-7-6-8-21-10-13)12-23(5)17(15)22-11-14/h6-12H,1-5H3. The summed E-state index contributed by atoms with van der Waals surface area (Å²) in [5.74, 6) is 0. The molecule has 0 atom stereocenters. The van der Waals surface area contributed by atoms with E-state index in [0.717, 1.165) is 27.6 Å². The van der Waals surface area contributed by atoms with Gasteiger partial charge in [0, 0.05) is 53.8 Å². The Morgan fingerprint density at radius 1 is 1.08 bits per heavy atom. The van der Waals surface area contributed by atoms with Crippen LogP contribution in [0.4, 0.5) is 0 Å². The lowest BCUT2D eigenvalue weighted by Crippen LogP contribution is -2.41. The molecule has 0 unspecified atom stereocenters. The lowest BCUT2D eigenvalue weighted by Gasteiger charge is -2.32. The van der Waals surface area contributed by atoms with Crippen molar-refractivity contribution >= 4 is 23.6 Å². The van der Waals surface area contributed by atoms with Gasteiger partial charge in [0.25, 0.3) is 0 Å². The van der Waals surface area contributed by atoms with Gasteiger partial charge in [0.1, 0.15) is 5.65 Å². The molecule has 128 valence electrons. The van der Waals surface area contributed by atoms with Crippen molar-refractivity contribution < 1.29 is 9.31 Å². The van der Waals surface area contributed by atoms with E-state index in [4.69, 9.17) is 9.31 Å². The van der Waals surface area contributed by atoms with E-state index < -0.39 is 7.12 Å². The largest absolute Gasteiger partial charge is 0.496 e.